The van der Waals surface area contributed by atoms with E-state index >= 15 is 0 Å². The summed E-state index contributed by atoms with van der Waals surface area (Å²) in [6, 6.07) is 12.3. The number of rotatable bonds is 4. The fourth-order valence-electron chi connectivity index (χ4n) is 3.10. The van der Waals surface area contributed by atoms with Crippen LogP contribution in [0, 0.1) is 5.82 Å². The third-order valence-corrected chi connectivity index (χ3v) is 4.56. The van der Waals surface area contributed by atoms with Crippen molar-refractivity contribution in [2.24, 2.45) is 0 Å². The van der Waals surface area contributed by atoms with Crippen molar-refractivity contribution < 1.29 is 18.7 Å². The first-order valence-electron chi connectivity index (χ1n) is 8.97. The van der Waals surface area contributed by atoms with Gasteiger partial charge in [-0.25, -0.2) is 9.37 Å². The van der Waals surface area contributed by atoms with Crippen LogP contribution in [0.3, 0.4) is 0 Å². The molecule has 2 aromatic carbocycles. The molecule has 8 nitrogen and oxygen atoms in total. The summed E-state index contributed by atoms with van der Waals surface area (Å²) >= 11 is 0. The number of carbonyl (C=O) groups is 2. The Hall–Kier alpha value is -3.75. The van der Waals surface area contributed by atoms with Gasteiger partial charge in [-0.2, -0.15) is 0 Å². The van der Waals surface area contributed by atoms with Crippen LogP contribution in [0.1, 0.15) is 22.0 Å². The average Bonchev–Trinajstić information content (AvgIpc) is 3.14. The van der Waals surface area contributed by atoms with E-state index in [1.165, 1.54) is 17.0 Å². The van der Waals surface area contributed by atoms with Crippen LogP contribution >= 0.6 is 0 Å². The number of para-hydroxylation sites is 2. The molecule has 0 radical (unpaired) electrons. The summed E-state index contributed by atoms with van der Waals surface area (Å²) in [5.41, 5.74) is 1.32. The second-order valence-corrected chi connectivity index (χ2v) is 6.61. The first kappa shape index (κ1) is 18.6. The Morgan fingerprint density at radius 2 is 2.14 bits per heavy atom. The van der Waals surface area contributed by atoms with Crippen molar-refractivity contribution in [2.75, 3.05) is 18.6 Å². The number of ether oxygens (including phenoxy) is 1. The molecule has 0 spiro atoms. The van der Waals surface area contributed by atoms with Crippen molar-refractivity contribution in [1.82, 2.24) is 20.5 Å². The molecule has 2 amide bonds. The number of hydrogen-bond donors (Lipinski definition) is 2. The van der Waals surface area contributed by atoms with Crippen LogP contribution in [-0.2, 0) is 11.2 Å². The third-order valence-electron chi connectivity index (χ3n) is 4.56. The molecule has 1 unspecified atom stereocenters. The highest BCUT2D eigenvalue weighted by Gasteiger charge is 2.31. The fraction of sp³-hybridized carbons (Fsp3) is 0.200. The van der Waals surface area contributed by atoms with E-state index in [0.29, 0.717) is 29.2 Å². The van der Waals surface area contributed by atoms with Crippen LogP contribution in [-0.4, -0.2) is 46.7 Å². The van der Waals surface area contributed by atoms with Gasteiger partial charge in [0.15, 0.2) is 0 Å². The van der Waals surface area contributed by atoms with E-state index in [2.05, 4.69) is 20.5 Å². The van der Waals surface area contributed by atoms with E-state index in [1.54, 1.807) is 37.4 Å². The molecule has 148 valence electrons. The minimum atomic E-state index is -0.884. The summed E-state index contributed by atoms with van der Waals surface area (Å²) in [6.07, 6.45) is 0.293. The smallest absolute Gasteiger partial charge is 0.291 e. The number of anilines is 1. The molecule has 1 atom stereocenters. The number of likely N-dealkylation sites (N-methyl/N-ethyl adjacent to an activating group) is 1. The van der Waals surface area contributed by atoms with E-state index in [4.69, 9.17) is 4.74 Å². The van der Waals surface area contributed by atoms with Gasteiger partial charge in [-0.3, -0.25) is 14.7 Å². The first-order chi connectivity index (χ1) is 14.0. The molecule has 9 heteroatoms. The number of aromatic nitrogens is 3. The van der Waals surface area contributed by atoms with Crippen molar-refractivity contribution >= 4 is 17.5 Å². The normalized spacial score (nSPS) is 16.0. The van der Waals surface area contributed by atoms with E-state index in [1.807, 2.05) is 6.07 Å². The van der Waals surface area contributed by atoms with Gasteiger partial charge in [-0.05, 0) is 29.8 Å². The second-order valence-electron chi connectivity index (χ2n) is 6.61. The lowest BCUT2D eigenvalue weighted by Crippen LogP contribution is -2.49. The van der Waals surface area contributed by atoms with Gasteiger partial charge in [0.05, 0.1) is 5.69 Å². The van der Waals surface area contributed by atoms with Gasteiger partial charge < -0.3 is 15.0 Å². The summed E-state index contributed by atoms with van der Waals surface area (Å²) in [6.45, 7) is -0.00744. The Kier molecular flexibility index (Phi) is 4.94. The van der Waals surface area contributed by atoms with Crippen LogP contribution in [0.4, 0.5) is 10.1 Å². The van der Waals surface area contributed by atoms with Crippen molar-refractivity contribution in [2.45, 2.75) is 12.5 Å². The molecule has 2 N–H and O–H groups in total. The number of amides is 2. The zero-order valence-electron chi connectivity index (χ0n) is 15.6. The number of benzene rings is 2. The SMILES string of the molecule is CN1C(=O)C(NC(=O)c2n[nH]c(Cc3cccc(F)c3)n2)COc2ccccc21. The summed E-state index contributed by atoms with van der Waals surface area (Å²) in [7, 11) is 1.62. The van der Waals surface area contributed by atoms with Crippen molar-refractivity contribution in [1.29, 1.82) is 0 Å². The molecule has 1 aliphatic heterocycles. The van der Waals surface area contributed by atoms with Gasteiger partial charge in [-0.15, -0.1) is 5.10 Å². The zero-order chi connectivity index (χ0) is 20.4. The minimum Gasteiger partial charge on any atom is -0.489 e. The predicted molar refractivity (Wildman–Crippen MR) is 102 cm³/mol. The standard InChI is InChI=1S/C20H18FN5O3/c1-26-15-7-2-3-8-16(15)29-11-14(20(26)28)22-19(27)18-23-17(24-25-18)10-12-5-4-6-13(21)9-12/h2-9,14H,10-11H2,1H3,(H,22,27)(H,23,24,25). The molecule has 0 saturated carbocycles. The second kappa shape index (κ2) is 7.70. The van der Waals surface area contributed by atoms with Gasteiger partial charge in [0, 0.05) is 13.5 Å². The van der Waals surface area contributed by atoms with Crippen LogP contribution in [0.5, 0.6) is 5.75 Å². The lowest BCUT2D eigenvalue weighted by molar-refractivity contribution is -0.120. The molecular weight excluding hydrogens is 377 g/mol. The Balaban J connectivity index is 1.44. The average molecular weight is 395 g/mol. The Morgan fingerprint density at radius 1 is 1.31 bits per heavy atom. The molecule has 0 fully saturated rings. The molecule has 3 aromatic rings. The van der Waals surface area contributed by atoms with Gasteiger partial charge in [-0.1, -0.05) is 24.3 Å². The number of H-pyrrole nitrogens is 1. The summed E-state index contributed by atoms with van der Waals surface area (Å²) in [5.74, 6) is -0.387. The van der Waals surface area contributed by atoms with Crippen LogP contribution in [0.25, 0.3) is 0 Å². The lowest BCUT2D eigenvalue weighted by atomic mass is 10.1. The third kappa shape index (κ3) is 3.93. The lowest BCUT2D eigenvalue weighted by Gasteiger charge is -2.19. The highest BCUT2D eigenvalue weighted by atomic mass is 19.1. The van der Waals surface area contributed by atoms with Crippen molar-refractivity contribution in [3.63, 3.8) is 0 Å². The van der Waals surface area contributed by atoms with E-state index in [-0.39, 0.29) is 24.2 Å². The maximum absolute atomic E-state index is 13.3. The van der Waals surface area contributed by atoms with Crippen LogP contribution in [0.15, 0.2) is 48.5 Å². The van der Waals surface area contributed by atoms with Crippen LogP contribution in [0.2, 0.25) is 0 Å². The predicted octanol–water partition coefficient (Wildman–Crippen LogP) is 1.69. The number of halogens is 1. The molecule has 4 rings (SSSR count). The molecule has 1 aliphatic rings. The highest BCUT2D eigenvalue weighted by molar-refractivity contribution is 6.02. The van der Waals surface area contributed by atoms with E-state index < -0.39 is 11.9 Å². The number of fused-ring (bicyclic) bond motifs is 1. The van der Waals surface area contributed by atoms with Crippen molar-refractivity contribution in [3.05, 3.63) is 71.6 Å². The summed E-state index contributed by atoms with van der Waals surface area (Å²) in [5, 5.41) is 9.18. The maximum atomic E-state index is 13.3. The number of nitrogens with one attached hydrogen (secondary N) is 2. The monoisotopic (exact) mass is 395 g/mol. The minimum absolute atomic E-state index is 0.00744. The molecule has 2 heterocycles. The molecule has 1 aromatic heterocycles. The summed E-state index contributed by atoms with van der Waals surface area (Å²) < 4.78 is 19.0. The number of nitrogens with zero attached hydrogens (tertiary/aromatic N) is 3. The summed E-state index contributed by atoms with van der Waals surface area (Å²) in [4.78, 5) is 30.8. The van der Waals surface area contributed by atoms with Crippen LogP contribution < -0.4 is 15.0 Å². The molecule has 0 saturated heterocycles. The van der Waals surface area contributed by atoms with E-state index in [0.717, 1.165) is 0 Å². The topological polar surface area (TPSA) is 100 Å². The molecule has 0 aliphatic carbocycles. The molecular formula is C20H18FN5O3. The van der Waals surface area contributed by atoms with Gasteiger partial charge in [0.2, 0.25) is 5.82 Å². The molecule has 0 bridgehead atoms. The van der Waals surface area contributed by atoms with Gasteiger partial charge in [0.25, 0.3) is 11.8 Å². The maximum Gasteiger partial charge on any atom is 0.291 e. The Labute approximate surface area is 165 Å². The zero-order valence-corrected chi connectivity index (χ0v) is 15.6. The Bertz CT molecular complexity index is 1070. The van der Waals surface area contributed by atoms with E-state index in [9.17, 15) is 14.0 Å². The number of carbonyl (C=O) groups excluding carboxylic acids is 2. The van der Waals surface area contributed by atoms with Gasteiger partial charge >= 0.3 is 0 Å². The Morgan fingerprint density at radius 3 is 2.97 bits per heavy atom. The first-order valence-corrected chi connectivity index (χ1v) is 8.97. The molecule has 29 heavy (non-hydrogen) atoms. The largest absolute Gasteiger partial charge is 0.489 e. The highest BCUT2D eigenvalue weighted by Crippen LogP contribution is 2.29. The number of hydrogen-bond acceptors (Lipinski definition) is 5. The fourth-order valence-corrected chi connectivity index (χ4v) is 3.10. The van der Waals surface area contributed by atoms with Crippen molar-refractivity contribution in [3.8, 4) is 5.75 Å². The quantitative estimate of drug-likeness (QED) is 0.700. The number of aromatic amines is 1. The van der Waals surface area contributed by atoms with Gasteiger partial charge in [0.1, 0.15) is 30.0 Å².